The molecule has 0 saturated carbocycles. The van der Waals surface area contributed by atoms with E-state index in [9.17, 15) is 9.59 Å². The van der Waals surface area contributed by atoms with Crippen LogP contribution in [0.25, 0.3) is 0 Å². The smallest absolute Gasteiger partial charge is 0.338 e. The number of carbonyl (C=O) groups excluding carboxylic acids is 2. The van der Waals surface area contributed by atoms with Crippen LogP contribution in [0, 0.1) is 0 Å². The molecule has 16 heavy (non-hydrogen) atoms. The van der Waals surface area contributed by atoms with Gasteiger partial charge < -0.3 is 4.74 Å². The van der Waals surface area contributed by atoms with E-state index in [-0.39, 0.29) is 18.0 Å². The maximum atomic E-state index is 11.6. The summed E-state index contributed by atoms with van der Waals surface area (Å²) in [6.07, 6.45) is 0.326. The summed E-state index contributed by atoms with van der Waals surface area (Å²) < 4.78 is 4.87. The lowest BCUT2D eigenvalue weighted by Crippen LogP contribution is -2.11. The molecular formula is C12H13ClO3. The van der Waals surface area contributed by atoms with Crippen LogP contribution in [-0.2, 0) is 4.74 Å². The summed E-state index contributed by atoms with van der Waals surface area (Å²) in [5.74, 6) is -0.610. The van der Waals surface area contributed by atoms with E-state index in [0.717, 1.165) is 0 Å². The fourth-order valence-electron chi connectivity index (χ4n) is 1.32. The van der Waals surface area contributed by atoms with E-state index < -0.39 is 5.97 Å². The van der Waals surface area contributed by atoms with Crippen LogP contribution >= 0.6 is 11.6 Å². The minimum atomic E-state index is -0.490. The average molecular weight is 241 g/mol. The van der Waals surface area contributed by atoms with Crippen LogP contribution in [0.3, 0.4) is 0 Å². The molecule has 0 heterocycles. The Morgan fingerprint density at radius 2 is 1.94 bits per heavy atom. The summed E-state index contributed by atoms with van der Waals surface area (Å²) in [4.78, 5) is 23.2. The lowest BCUT2D eigenvalue weighted by molar-refractivity contribution is 0.0523. The van der Waals surface area contributed by atoms with Gasteiger partial charge in [-0.3, -0.25) is 4.79 Å². The molecule has 0 radical (unpaired) electrons. The van der Waals surface area contributed by atoms with E-state index in [1.165, 1.54) is 12.1 Å². The second-order valence-electron chi connectivity index (χ2n) is 3.19. The van der Waals surface area contributed by atoms with Crippen molar-refractivity contribution in [3.8, 4) is 0 Å². The van der Waals surface area contributed by atoms with Gasteiger partial charge in [-0.05, 0) is 25.1 Å². The molecule has 0 spiro atoms. The fraction of sp³-hybridized carbons (Fsp3) is 0.333. The molecule has 1 aromatic carbocycles. The molecule has 0 amide bonds. The van der Waals surface area contributed by atoms with Crippen LogP contribution < -0.4 is 0 Å². The van der Waals surface area contributed by atoms with Crippen molar-refractivity contribution in [3.05, 3.63) is 34.3 Å². The van der Waals surface area contributed by atoms with Crippen molar-refractivity contribution in [3.63, 3.8) is 0 Å². The highest BCUT2D eigenvalue weighted by Crippen LogP contribution is 2.18. The minimum absolute atomic E-state index is 0.120. The molecule has 1 aromatic rings. The highest BCUT2D eigenvalue weighted by atomic mass is 35.5. The van der Waals surface area contributed by atoms with Crippen molar-refractivity contribution in [2.75, 3.05) is 6.61 Å². The molecule has 86 valence electrons. The van der Waals surface area contributed by atoms with Gasteiger partial charge in [0.1, 0.15) is 0 Å². The number of ketones is 1. The van der Waals surface area contributed by atoms with Crippen LogP contribution in [0.15, 0.2) is 18.2 Å². The van der Waals surface area contributed by atoms with E-state index in [1.54, 1.807) is 19.9 Å². The summed E-state index contributed by atoms with van der Waals surface area (Å²) in [6, 6.07) is 4.59. The highest BCUT2D eigenvalue weighted by molar-refractivity contribution is 6.31. The topological polar surface area (TPSA) is 43.4 Å². The number of carbonyl (C=O) groups is 2. The Kier molecular flexibility index (Phi) is 4.50. The molecule has 0 fully saturated rings. The van der Waals surface area contributed by atoms with Crippen molar-refractivity contribution in [1.82, 2.24) is 0 Å². The Morgan fingerprint density at radius 1 is 1.25 bits per heavy atom. The van der Waals surface area contributed by atoms with Crippen LogP contribution in [0.5, 0.6) is 0 Å². The Bertz CT molecular complexity index is 413. The SMILES string of the molecule is CCOC(=O)c1ccc(Cl)cc1C(=O)CC. The van der Waals surface area contributed by atoms with Gasteiger partial charge in [0.25, 0.3) is 0 Å². The molecule has 0 bridgehead atoms. The van der Waals surface area contributed by atoms with E-state index in [0.29, 0.717) is 17.0 Å². The zero-order valence-corrected chi connectivity index (χ0v) is 10.0. The number of ether oxygens (including phenoxy) is 1. The molecule has 0 N–H and O–H groups in total. The van der Waals surface area contributed by atoms with Crippen LogP contribution in [-0.4, -0.2) is 18.4 Å². The number of rotatable bonds is 4. The summed E-state index contributed by atoms with van der Waals surface area (Å²) in [7, 11) is 0. The Balaban J connectivity index is 3.17. The molecular weight excluding hydrogens is 228 g/mol. The van der Waals surface area contributed by atoms with Crippen molar-refractivity contribution in [1.29, 1.82) is 0 Å². The molecule has 0 atom stereocenters. The van der Waals surface area contributed by atoms with E-state index in [1.807, 2.05) is 0 Å². The predicted molar refractivity (Wildman–Crippen MR) is 62.0 cm³/mol. The molecule has 0 aliphatic carbocycles. The lowest BCUT2D eigenvalue weighted by atomic mass is 10.0. The standard InChI is InChI=1S/C12H13ClO3/c1-3-11(14)10-7-8(13)5-6-9(10)12(15)16-4-2/h5-7H,3-4H2,1-2H3. The zero-order valence-electron chi connectivity index (χ0n) is 9.25. The molecule has 0 aliphatic heterocycles. The average Bonchev–Trinajstić information content (AvgIpc) is 2.28. The number of esters is 1. The normalized spacial score (nSPS) is 9.94. The first kappa shape index (κ1) is 12.7. The quantitative estimate of drug-likeness (QED) is 0.600. The third kappa shape index (κ3) is 2.83. The lowest BCUT2D eigenvalue weighted by Gasteiger charge is -2.07. The first-order valence-corrected chi connectivity index (χ1v) is 5.47. The van der Waals surface area contributed by atoms with Gasteiger partial charge in [0.15, 0.2) is 5.78 Å². The molecule has 4 heteroatoms. The van der Waals surface area contributed by atoms with Gasteiger partial charge in [0, 0.05) is 17.0 Å². The highest BCUT2D eigenvalue weighted by Gasteiger charge is 2.17. The van der Waals surface area contributed by atoms with Crippen molar-refractivity contribution in [2.24, 2.45) is 0 Å². The Hall–Kier alpha value is -1.35. The van der Waals surface area contributed by atoms with Crippen LogP contribution in [0.2, 0.25) is 5.02 Å². The van der Waals surface area contributed by atoms with Gasteiger partial charge in [-0.1, -0.05) is 18.5 Å². The maximum Gasteiger partial charge on any atom is 0.338 e. The van der Waals surface area contributed by atoms with Gasteiger partial charge in [-0.25, -0.2) is 4.79 Å². The Labute approximate surface area is 99.4 Å². The maximum absolute atomic E-state index is 11.6. The Morgan fingerprint density at radius 3 is 2.50 bits per heavy atom. The van der Waals surface area contributed by atoms with Crippen molar-refractivity contribution < 1.29 is 14.3 Å². The minimum Gasteiger partial charge on any atom is -0.462 e. The number of Topliss-reactive ketones (excluding diaryl/α,β-unsaturated/α-hetero) is 1. The third-order valence-electron chi connectivity index (χ3n) is 2.10. The molecule has 1 rings (SSSR count). The number of hydrogen-bond donors (Lipinski definition) is 0. The summed E-state index contributed by atoms with van der Waals surface area (Å²) in [5.41, 5.74) is 0.603. The van der Waals surface area contributed by atoms with Gasteiger partial charge in [0.05, 0.1) is 12.2 Å². The van der Waals surface area contributed by atoms with Gasteiger partial charge in [-0.15, -0.1) is 0 Å². The monoisotopic (exact) mass is 240 g/mol. The zero-order chi connectivity index (χ0) is 12.1. The van der Waals surface area contributed by atoms with Gasteiger partial charge >= 0.3 is 5.97 Å². The van der Waals surface area contributed by atoms with Crippen LogP contribution in [0.4, 0.5) is 0 Å². The third-order valence-corrected chi connectivity index (χ3v) is 2.33. The second kappa shape index (κ2) is 5.66. The van der Waals surface area contributed by atoms with Crippen molar-refractivity contribution >= 4 is 23.4 Å². The molecule has 0 aromatic heterocycles. The summed E-state index contributed by atoms with van der Waals surface area (Å²) in [6.45, 7) is 3.73. The first-order valence-electron chi connectivity index (χ1n) is 5.10. The largest absolute Gasteiger partial charge is 0.462 e. The van der Waals surface area contributed by atoms with E-state index in [2.05, 4.69) is 0 Å². The fourth-order valence-corrected chi connectivity index (χ4v) is 1.50. The summed E-state index contributed by atoms with van der Waals surface area (Å²) in [5, 5.41) is 0.435. The molecule has 0 saturated heterocycles. The predicted octanol–water partition coefficient (Wildman–Crippen LogP) is 3.11. The summed E-state index contributed by atoms with van der Waals surface area (Å²) >= 11 is 5.80. The van der Waals surface area contributed by atoms with Gasteiger partial charge in [0.2, 0.25) is 0 Å². The molecule has 0 aliphatic rings. The van der Waals surface area contributed by atoms with Gasteiger partial charge in [-0.2, -0.15) is 0 Å². The molecule has 0 unspecified atom stereocenters. The number of benzene rings is 1. The number of hydrogen-bond acceptors (Lipinski definition) is 3. The van der Waals surface area contributed by atoms with E-state index >= 15 is 0 Å². The molecule has 3 nitrogen and oxygen atoms in total. The van der Waals surface area contributed by atoms with Crippen LogP contribution in [0.1, 0.15) is 41.0 Å². The second-order valence-corrected chi connectivity index (χ2v) is 3.62. The first-order chi connectivity index (χ1) is 7.60. The van der Waals surface area contributed by atoms with E-state index in [4.69, 9.17) is 16.3 Å². The van der Waals surface area contributed by atoms with Crippen molar-refractivity contribution in [2.45, 2.75) is 20.3 Å². The number of halogens is 1.